The normalized spacial score (nSPS) is 13.7. The van der Waals surface area contributed by atoms with Crippen LogP contribution in [0.5, 0.6) is 5.75 Å². The van der Waals surface area contributed by atoms with E-state index in [-0.39, 0.29) is 21.6 Å². The Morgan fingerprint density at radius 3 is 2.30 bits per heavy atom. The molecule has 0 bridgehead atoms. The van der Waals surface area contributed by atoms with Crippen LogP contribution >= 0.6 is 11.3 Å². The molecule has 1 heterocycles. The highest BCUT2D eigenvalue weighted by atomic mass is 32.2. The molecule has 1 aromatic heterocycles. The number of ether oxygens (including phenoxy) is 1. The molecular weight excluding hydrogens is 462 g/mol. The van der Waals surface area contributed by atoms with Gasteiger partial charge in [0.15, 0.2) is 0 Å². The second-order valence-electron chi connectivity index (χ2n) is 9.30. The van der Waals surface area contributed by atoms with Crippen molar-refractivity contribution in [2.75, 3.05) is 13.2 Å². The van der Waals surface area contributed by atoms with Crippen LogP contribution in [0.4, 0.5) is 0 Å². The monoisotopic (exact) mass is 497 g/mol. The van der Waals surface area contributed by atoms with Crippen LogP contribution in [0.3, 0.4) is 0 Å². The smallest absolute Gasteiger partial charge is 0.318 e. The molecule has 33 heavy (non-hydrogen) atoms. The molecule has 9 heteroatoms. The first-order chi connectivity index (χ1) is 15.3. The van der Waals surface area contributed by atoms with Gasteiger partial charge in [-0.05, 0) is 54.5 Å². The Bertz CT molecular complexity index is 1060. The quantitative estimate of drug-likeness (QED) is 0.426. The summed E-state index contributed by atoms with van der Waals surface area (Å²) in [6.07, 6.45) is 0.922. The molecule has 0 saturated heterocycles. The van der Waals surface area contributed by atoms with E-state index < -0.39 is 28.6 Å². The van der Waals surface area contributed by atoms with E-state index in [1.54, 1.807) is 0 Å². The lowest BCUT2D eigenvalue weighted by atomic mass is 9.74. The third-order valence-electron chi connectivity index (χ3n) is 6.06. The fourth-order valence-electron chi connectivity index (χ4n) is 3.63. The molecule has 3 N–H and O–H groups in total. The molecular formula is C24H35NO6S2. The van der Waals surface area contributed by atoms with Crippen molar-refractivity contribution in [3.05, 3.63) is 46.3 Å². The molecule has 1 aromatic carbocycles. The van der Waals surface area contributed by atoms with Crippen LogP contribution < -0.4 is 9.46 Å². The van der Waals surface area contributed by atoms with E-state index >= 15 is 0 Å². The lowest BCUT2D eigenvalue weighted by molar-refractivity contribution is -0.135. The molecule has 0 amide bonds. The average Bonchev–Trinajstić information content (AvgIpc) is 3.24. The first-order valence-corrected chi connectivity index (χ1v) is 13.3. The largest absolute Gasteiger partial charge is 0.491 e. The number of aliphatic hydroxyl groups excluding tert-OH is 1. The highest BCUT2D eigenvalue weighted by Crippen LogP contribution is 2.44. The summed E-state index contributed by atoms with van der Waals surface area (Å²) in [4.78, 5) is 11.7. The maximum absolute atomic E-state index is 12.5. The van der Waals surface area contributed by atoms with Crippen molar-refractivity contribution in [2.24, 2.45) is 5.41 Å². The van der Waals surface area contributed by atoms with Crippen LogP contribution in [0.25, 0.3) is 0 Å². The van der Waals surface area contributed by atoms with E-state index in [9.17, 15) is 18.3 Å². The van der Waals surface area contributed by atoms with Crippen LogP contribution in [0.15, 0.2) is 34.5 Å². The lowest BCUT2D eigenvalue weighted by Gasteiger charge is -2.32. The Balaban J connectivity index is 2.35. The number of carboxylic acids is 1. The van der Waals surface area contributed by atoms with Crippen LogP contribution in [-0.4, -0.2) is 43.9 Å². The molecule has 0 fully saturated rings. The summed E-state index contributed by atoms with van der Waals surface area (Å²) in [5, 5.41) is 19.1. The zero-order valence-corrected chi connectivity index (χ0v) is 21.8. The summed E-state index contributed by atoms with van der Waals surface area (Å²) in [6.45, 7) is 11.5. The van der Waals surface area contributed by atoms with Gasteiger partial charge < -0.3 is 14.9 Å². The third-order valence-corrected chi connectivity index (χ3v) is 9.24. The van der Waals surface area contributed by atoms with Gasteiger partial charge in [0, 0.05) is 10.3 Å². The molecule has 2 rings (SSSR count). The van der Waals surface area contributed by atoms with Gasteiger partial charge in [-0.2, -0.15) is 4.72 Å². The van der Waals surface area contributed by atoms with E-state index in [2.05, 4.69) is 24.6 Å². The predicted octanol–water partition coefficient (Wildman–Crippen LogP) is 4.31. The molecule has 0 aliphatic carbocycles. The Hall–Kier alpha value is -1.94. The fourth-order valence-corrected chi connectivity index (χ4v) is 6.31. The van der Waals surface area contributed by atoms with Gasteiger partial charge in [-0.25, -0.2) is 8.42 Å². The number of carbonyl (C=O) groups is 1. The number of rotatable bonds is 11. The summed E-state index contributed by atoms with van der Waals surface area (Å²) in [6, 6.07) is 9.30. The van der Waals surface area contributed by atoms with Crippen molar-refractivity contribution in [1.29, 1.82) is 0 Å². The average molecular weight is 498 g/mol. The van der Waals surface area contributed by atoms with Crippen molar-refractivity contribution < 1.29 is 28.2 Å². The van der Waals surface area contributed by atoms with Gasteiger partial charge in [-0.1, -0.05) is 46.8 Å². The number of hydrogen-bond donors (Lipinski definition) is 3. The Morgan fingerprint density at radius 1 is 1.15 bits per heavy atom. The van der Waals surface area contributed by atoms with Crippen LogP contribution in [-0.2, 0) is 20.2 Å². The summed E-state index contributed by atoms with van der Waals surface area (Å²) < 4.78 is 33.1. The van der Waals surface area contributed by atoms with Crippen molar-refractivity contribution in [1.82, 2.24) is 4.72 Å². The van der Waals surface area contributed by atoms with Crippen molar-refractivity contribution in [3.8, 4) is 5.75 Å². The fraction of sp³-hybridized carbons (Fsp3) is 0.542. The number of thiophene rings is 1. The molecule has 0 spiro atoms. The van der Waals surface area contributed by atoms with Crippen LogP contribution in [0.2, 0.25) is 0 Å². The van der Waals surface area contributed by atoms with Gasteiger partial charge >= 0.3 is 5.97 Å². The van der Waals surface area contributed by atoms with E-state index in [0.717, 1.165) is 40.2 Å². The number of hydrogen-bond acceptors (Lipinski definition) is 6. The Kier molecular flexibility index (Phi) is 8.73. The summed E-state index contributed by atoms with van der Waals surface area (Å²) >= 11 is 1.16. The summed E-state index contributed by atoms with van der Waals surface area (Å²) in [5.74, 6) is -0.532. The van der Waals surface area contributed by atoms with Gasteiger partial charge in [-0.3, -0.25) is 4.79 Å². The number of benzene rings is 1. The number of nitrogens with one attached hydrogen (secondary N) is 1. The molecule has 0 saturated carbocycles. The van der Waals surface area contributed by atoms with E-state index in [1.807, 2.05) is 45.9 Å². The maximum atomic E-state index is 12.5. The minimum Gasteiger partial charge on any atom is -0.491 e. The zero-order valence-electron chi connectivity index (χ0n) is 20.1. The van der Waals surface area contributed by atoms with Crippen LogP contribution in [0, 0.1) is 12.3 Å². The number of aryl methyl sites for hydroxylation is 1. The second-order valence-corrected chi connectivity index (χ2v) is 12.4. The van der Waals surface area contributed by atoms with Crippen LogP contribution in [0.1, 0.15) is 63.5 Å². The molecule has 0 aliphatic heterocycles. The lowest BCUT2D eigenvalue weighted by Crippen LogP contribution is -2.32. The van der Waals surface area contributed by atoms with E-state index in [0.29, 0.717) is 5.75 Å². The topological polar surface area (TPSA) is 113 Å². The van der Waals surface area contributed by atoms with E-state index in [1.165, 1.54) is 6.07 Å². The predicted molar refractivity (Wildman–Crippen MR) is 131 cm³/mol. The highest BCUT2D eigenvalue weighted by molar-refractivity contribution is 7.91. The SMILES string of the molecule is CCC(CC)(c1ccc(OCC(O)C(C)(C)C)c(C)c1)c1ccc(S(=O)(=O)NCC(=O)O)s1. The Labute approximate surface area is 200 Å². The first-order valence-electron chi connectivity index (χ1n) is 11.0. The molecule has 1 unspecified atom stereocenters. The molecule has 2 aromatic rings. The van der Waals surface area contributed by atoms with Gasteiger partial charge in [0.2, 0.25) is 0 Å². The van der Waals surface area contributed by atoms with Gasteiger partial charge in [0.25, 0.3) is 10.0 Å². The summed E-state index contributed by atoms with van der Waals surface area (Å²) in [7, 11) is -3.89. The number of carboxylic acid groups (broad SMARTS) is 1. The molecule has 184 valence electrons. The molecule has 0 aliphatic rings. The third kappa shape index (κ3) is 6.35. The second kappa shape index (κ2) is 10.5. The summed E-state index contributed by atoms with van der Waals surface area (Å²) in [5.41, 5.74) is 1.33. The van der Waals surface area contributed by atoms with Crippen molar-refractivity contribution >= 4 is 27.3 Å². The number of aliphatic carboxylic acids is 1. The van der Waals surface area contributed by atoms with Gasteiger partial charge in [0.1, 0.15) is 23.1 Å². The van der Waals surface area contributed by atoms with Crippen molar-refractivity contribution in [3.63, 3.8) is 0 Å². The maximum Gasteiger partial charge on any atom is 0.318 e. The number of aliphatic hydroxyl groups is 1. The standard InChI is InChI=1S/C24H35NO6S2/c1-7-24(8-2,20-11-12-22(32-20)33(29,30)25-14-21(27)28)17-9-10-18(16(3)13-17)31-15-19(26)23(4,5)6/h9-13,19,25-26H,7-8,14-15H2,1-6H3,(H,27,28). The molecule has 1 atom stereocenters. The zero-order chi connectivity index (χ0) is 25.0. The minimum absolute atomic E-state index is 0.0952. The van der Waals surface area contributed by atoms with E-state index in [4.69, 9.17) is 9.84 Å². The highest BCUT2D eigenvalue weighted by Gasteiger charge is 2.34. The molecule has 7 nitrogen and oxygen atoms in total. The van der Waals surface area contributed by atoms with Crippen molar-refractivity contribution in [2.45, 2.75) is 70.1 Å². The first kappa shape index (κ1) is 27.3. The Morgan fingerprint density at radius 2 is 1.79 bits per heavy atom. The van der Waals surface area contributed by atoms with Gasteiger partial charge in [-0.15, -0.1) is 11.3 Å². The molecule has 0 radical (unpaired) electrons. The minimum atomic E-state index is -3.89. The van der Waals surface area contributed by atoms with Gasteiger partial charge in [0.05, 0.1) is 6.10 Å². The number of sulfonamides is 1.